The lowest BCUT2D eigenvalue weighted by molar-refractivity contribution is -0.147. The molecule has 6 heteroatoms. The van der Waals surface area contributed by atoms with Gasteiger partial charge in [-0.2, -0.15) is 0 Å². The third-order valence-corrected chi connectivity index (χ3v) is 4.73. The summed E-state index contributed by atoms with van der Waals surface area (Å²) in [4.78, 5) is 37.2. The first-order chi connectivity index (χ1) is 12.2. The molecule has 2 heterocycles. The van der Waals surface area contributed by atoms with Crippen LogP contribution in [0.15, 0.2) is 41.0 Å². The maximum absolute atomic E-state index is 12.8. The van der Waals surface area contributed by atoms with Crippen LogP contribution in [0.1, 0.15) is 25.1 Å². The summed E-state index contributed by atoms with van der Waals surface area (Å²) < 4.78 is 2.03. The molecule has 0 atom stereocenters. The van der Waals surface area contributed by atoms with Crippen LogP contribution in [0.5, 0.6) is 0 Å². The topological polar surface area (TPSA) is 79.6 Å². The Bertz CT molecular complexity index is 1020. The highest BCUT2D eigenvalue weighted by Crippen LogP contribution is 2.33. The Balaban J connectivity index is 2.24. The smallest absolute Gasteiger partial charge is 0.323 e. The Kier molecular flexibility index (Phi) is 4.28. The van der Waals surface area contributed by atoms with Gasteiger partial charge in [-0.1, -0.05) is 23.8 Å². The number of amides is 2. The fraction of sp³-hybridized carbons (Fsp3) is 0.250. The predicted octanol–water partition coefficient (Wildman–Crippen LogP) is 2.66. The number of aromatic nitrogens is 1. The van der Waals surface area contributed by atoms with E-state index in [2.05, 4.69) is 0 Å². The Morgan fingerprint density at radius 2 is 1.81 bits per heavy atom. The molecule has 3 rings (SSSR count). The van der Waals surface area contributed by atoms with E-state index in [0.717, 1.165) is 27.1 Å². The molecule has 6 nitrogen and oxygen atoms in total. The Hall–Kier alpha value is -3.15. The number of para-hydroxylation sites is 1. The molecule has 1 aromatic heterocycles. The molecule has 0 bridgehead atoms. The van der Waals surface area contributed by atoms with Crippen LogP contribution >= 0.6 is 0 Å². The van der Waals surface area contributed by atoms with E-state index in [1.807, 2.05) is 42.8 Å². The van der Waals surface area contributed by atoms with Crippen molar-refractivity contribution in [2.75, 3.05) is 6.54 Å². The summed E-state index contributed by atoms with van der Waals surface area (Å²) in [5, 5.41) is 9.99. The fourth-order valence-electron chi connectivity index (χ4n) is 3.37. The standard InChI is InChI=1S/C20H20N2O4/c1-11(2)18-15(19(25)22(20(18)26)10-17(23)24)9-14-12(3)21(4)16-8-6-5-7-13(14)16/h5-9H,10H2,1-4H3,(H,23,24)/b15-9+. The van der Waals surface area contributed by atoms with Gasteiger partial charge in [0.25, 0.3) is 11.8 Å². The number of aryl methyl sites for hydroxylation is 1. The minimum absolute atomic E-state index is 0.246. The molecule has 0 radical (unpaired) electrons. The minimum Gasteiger partial charge on any atom is -0.480 e. The van der Waals surface area contributed by atoms with Crippen LogP contribution in [-0.2, 0) is 21.4 Å². The molecular weight excluding hydrogens is 332 g/mol. The predicted molar refractivity (Wildman–Crippen MR) is 98.4 cm³/mol. The number of carbonyl (C=O) groups is 3. The molecule has 0 spiro atoms. The van der Waals surface area contributed by atoms with Crippen LogP contribution in [0.25, 0.3) is 17.0 Å². The molecule has 1 N–H and O–H groups in total. The lowest BCUT2D eigenvalue weighted by atomic mass is 10.00. The number of carboxylic acids is 1. The molecule has 1 fully saturated rings. The van der Waals surface area contributed by atoms with Gasteiger partial charge in [-0.25, -0.2) is 0 Å². The molecule has 1 aliphatic rings. The lowest BCUT2D eigenvalue weighted by Crippen LogP contribution is -2.34. The summed E-state index contributed by atoms with van der Waals surface area (Å²) in [6.07, 6.45) is 1.71. The molecule has 0 saturated carbocycles. The molecule has 0 unspecified atom stereocenters. The number of likely N-dealkylation sites (tertiary alicyclic amines) is 1. The molecule has 134 valence electrons. The maximum Gasteiger partial charge on any atom is 0.323 e. The van der Waals surface area contributed by atoms with Crippen molar-refractivity contribution in [3.8, 4) is 0 Å². The van der Waals surface area contributed by atoms with E-state index in [9.17, 15) is 14.4 Å². The molecule has 2 amide bonds. The average Bonchev–Trinajstić information content (AvgIpc) is 2.96. The zero-order valence-corrected chi connectivity index (χ0v) is 15.2. The first kappa shape index (κ1) is 17.7. The SMILES string of the molecule is CC(C)=C1C(=O)N(CC(=O)O)C(=O)/C1=C/c1c(C)n(C)c2ccccc12. The summed E-state index contributed by atoms with van der Waals surface area (Å²) in [5.41, 5.74) is 4.05. The molecule has 1 saturated heterocycles. The molecule has 1 aromatic carbocycles. The van der Waals surface area contributed by atoms with Gasteiger partial charge in [-0.3, -0.25) is 19.3 Å². The summed E-state index contributed by atoms with van der Waals surface area (Å²) in [7, 11) is 1.94. The van der Waals surface area contributed by atoms with Crippen molar-refractivity contribution in [3.05, 3.63) is 52.2 Å². The van der Waals surface area contributed by atoms with Crippen molar-refractivity contribution in [2.45, 2.75) is 20.8 Å². The van der Waals surface area contributed by atoms with Gasteiger partial charge in [0.1, 0.15) is 6.54 Å². The first-order valence-electron chi connectivity index (χ1n) is 8.25. The number of aliphatic carboxylic acids is 1. The van der Waals surface area contributed by atoms with Crippen LogP contribution < -0.4 is 0 Å². The Morgan fingerprint density at radius 1 is 1.15 bits per heavy atom. The highest BCUT2D eigenvalue weighted by Gasteiger charge is 2.40. The number of imide groups is 1. The largest absolute Gasteiger partial charge is 0.480 e. The van der Waals surface area contributed by atoms with Crippen molar-refractivity contribution in [1.29, 1.82) is 0 Å². The van der Waals surface area contributed by atoms with E-state index in [-0.39, 0.29) is 11.1 Å². The number of carboxylic acid groups (broad SMARTS) is 1. The van der Waals surface area contributed by atoms with Gasteiger partial charge in [-0.15, -0.1) is 0 Å². The lowest BCUT2D eigenvalue weighted by Gasteiger charge is -2.08. The molecule has 1 aliphatic heterocycles. The van der Waals surface area contributed by atoms with E-state index in [1.165, 1.54) is 0 Å². The van der Waals surface area contributed by atoms with Crippen molar-refractivity contribution in [2.24, 2.45) is 7.05 Å². The van der Waals surface area contributed by atoms with Gasteiger partial charge >= 0.3 is 5.97 Å². The van der Waals surface area contributed by atoms with Crippen molar-refractivity contribution in [1.82, 2.24) is 9.47 Å². The number of nitrogens with zero attached hydrogens (tertiary/aromatic N) is 2. The number of hydrogen-bond donors (Lipinski definition) is 1. The summed E-state index contributed by atoms with van der Waals surface area (Å²) in [6, 6.07) is 7.82. The van der Waals surface area contributed by atoms with Gasteiger partial charge in [0, 0.05) is 29.2 Å². The van der Waals surface area contributed by atoms with E-state index in [1.54, 1.807) is 19.9 Å². The van der Waals surface area contributed by atoms with Crippen molar-refractivity contribution < 1.29 is 19.5 Å². The third kappa shape index (κ3) is 2.63. The van der Waals surface area contributed by atoms with Crippen LogP contribution in [0.2, 0.25) is 0 Å². The second-order valence-electron chi connectivity index (χ2n) is 6.60. The third-order valence-electron chi connectivity index (χ3n) is 4.73. The molecular formula is C20H20N2O4. The molecule has 0 aliphatic carbocycles. The zero-order valence-electron chi connectivity index (χ0n) is 15.2. The van der Waals surface area contributed by atoms with Crippen LogP contribution in [0.4, 0.5) is 0 Å². The highest BCUT2D eigenvalue weighted by atomic mass is 16.4. The number of rotatable bonds is 3. The first-order valence-corrected chi connectivity index (χ1v) is 8.25. The summed E-state index contributed by atoms with van der Waals surface area (Å²) in [5.74, 6) is -2.34. The average molecular weight is 352 g/mol. The van der Waals surface area contributed by atoms with Gasteiger partial charge < -0.3 is 9.67 Å². The van der Waals surface area contributed by atoms with E-state index in [4.69, 9.17) is 5.11 Å². The molecule has 2 aromatic rings. The fourth-order valence-corrected chi connectivity index (χ4v) is 3.37. The van der Waals surface area contributed by atoms with Crippen LogP contribution in [0, 0.1) is 6.92 Å². The number of hydrogen-bond acceptors (Lipinski definition) is 3. The van der Waals surface area contributed by atoms with Gasteiger partial charge in [0.05, 0.1) is 11.1 Å². The Labute approximate surface area is 151 Å². The minimum atomic E-state index is -1.22. The van der Waals surface area contributed by atoms with Crippen LogP contribution in [-0.4, -0.2) is 38.9 Å². The number of fused-ring (bicyclic) bond motifs is 1. The van der Waals surface area contributed by atoms with Crippen molar-refractivity contribution in [3.63, 3.8) is 0 Å². The van der Waals surface area contributed by atoms with Crippen molar-refractivity contribution >= 4 is 34.8 Å². The van der Waals surface area contributed by atoms with Gasteiger partial charge in [0.15, 0.2) is 0 Å². The number of carbonyl (C=O) groups excluding carboxylic acids is 2. The maximum atomic E-state index is 12.8. The van der Waals surface area contributed by atoms with Crippen LogP contribution in [0.3, 0.4) is 0 Å². The van der Waals surface area contributed by atoms with E-state index < -0.39 is 24.3 Å². The zero-order chi connectivity index (χ0) is 19.2. The van der Waals surface area contributed by atoms with E-state index >= 15 is 0 Å². The quantitative estimate of drug-likeness (QED) is 0.680. The highest BCUT2D eigenvalue weighted by molar-refractivity contribution is 6.27. The van der Waals surface area contributed by atoms with Gasteiger partial charge in [-0.05, 0) is 32.9 Å². The summed E-state index contributed by atoms with van der Waals surface area (Å²) >= 11 is 0. The Morgan fingerprint density at radius 3 is 2.42 bits per heavy atom. The second-order valence-corrected chi connectivity index (χ2v) is 6.60. The summed E-state index contributed by atoms with van der Waals surface area (Å²) in [6.45, 7) is 4.80. The number of allylic oxidation sites excluding steroid dienone is 1. The second kappa shape index (κ2) is 6.29. The monoisotopic (exact) mass is 352 g/mol. The number of benzene rings is 1. The normalized spacial score (nSPS) is 16.2. The van der Waals surface area contributed by atoms with Gasteiger partial charge in [0.2, 0.25) is 0 Å². The molecule has 26 heavy (non-hydrogen) atoms. The van der Waals surface area contributed by atoms with E-state index in [0.29, 0.717) is 5.57 Å².